The Hall–Kier alpha value is -0.410. The number of ketones is 3. The summed E-state index contributed by atoms with van der Waals surface area (Å²) < 4.78 is 0. The van der Waals surface area contributed by atoms with Gasteiger partial charge in [0.25, 0.3) is 0 Å². The van der Waals surface area contributed by atoms with Gasteiger partial charge >= 0.3 is 0 Å². The van der Waals surface area contributed by atoms with Crippen LogP contribution in [0.1, 0.15) is 38.5 Å². The monoisotopic (exact) mass is 266 g/mol. The molecule has 0 amide bonds. The average molecular weight is 267 g/mol. The summed E-state index contributed by atoms with van der Waals surface area (Å²) in [5.74, 6) is 0.527. The number of hydrogen-bond acceptors (Lipinski definition) is 3. The largest absolute Gasteiger partial charge is 0.300 e. The predicted molar refractivity (Wildman–Crippen MR) is 64.2 cm³/mol. The van der Waals surface area contributed by atoms with Gasteiger partial charge in [-0.1, -0.05) is 0 Å². The molecule has 0 N–H and O–H groups in total. The van der Waals surface area contributed by atoms with Gasteiger partial charge in [-0.05, 0) is 0 Å². The van der Waals surface area contributed by atoms with Crippen LogP contribution in [-0.2, 0) is 14.4 Å². The van der Waals surface area contributed by atoms with Gasteiger partial charge in [0.1, 0.15) is 17.3 Å². The van der Waals surface area contributed by atoms with Crippen LogP contribution >= 0.6 is 23.2 Å². The highest BCUT2D eigenvalue weighted by atomic mass is 35.5. The van der Waals surface area contributed by atoms with Gasteiger partial charge in [0.2, 0.25) is 0 Å². The lowest BCUT2D eigenvalue weighted by atomic mass is 10.1. The van der Waals surface area contributed by atoms with Crippen molar-refractivity contribution in [1.82, 2.24) is 0 Å². The van der Waals surface area contributed by atoms with E-state index in [-0.39, 0.29) is 43.0 Å². The third-order valence-corrected chi connectivity index (χ3v) is 2.49. The van der Waals surface area contributed by atoms with Gasteiger partial charge in [-0.3, -0.25) is 14.4 Å². The summed E-state index contributed by atoms with van der Waals surface area (Å²) >= 11 is 10.8. The number of carbonyl (C=O) groups is 3. The molecule has 0 aliphatic carbocycles. The van der Waals surface area contributed by atoms with Crippen LogP contribution in [0.25, 0.3) is 0 Å². The Balaban J connectivity index is 3.59. The summed E-state index contributed by atoms with van der Waals surface area (Å²) in [5, 5.41) is 0. The molecule has 0 aromatic carbocycles. The first-order valence-electron chi connectivity index (χ1n) is 5.27. The Labute approximate surface area is 105 Å². The van der Waals surface area contributed by atoms with E-state index in [1.165, 1.54) is 0 Å². The van der Waals surface area contributed by atoms with Gasteiger partial charge in [-0.25, -0.2) is 0 Å². The molecule has 0 aromatic rings. The molecule has 0 aromatic heterocycles. The quantitative estimate of drug-likeness (QED) is 0.571. The summed E-state index contributed by atoms with van der Waals surface area (Å²) in [6.07, 6.45) is 1.50. The molecule has 0 rings (SSSR count). The Morgan fingerprint density at radius 3 is 1.06 bits per heavy atom. The van der Waals surface area contributed by atoms with Crippen molar-refractivity contribution in [2.45, 2.75) is 38.5 Å². The molecule has 0 saturated heterocycles. The molecular weight excluding hydrogens is 251 g/mol. The fourth-order valence-corrected chi connectivity index (χ4v) is 1.57. The number of alkyl halides is 2. The van der Waals surface area contributed by atoms with Crippen LogP contribution in [0.3, 0.4) is 0 Å². The lowest BCUT2D eigenvalue weighted by molar-refractivity contribution is -0.125. The minimum absolute atomic E-state index is 0.00423. The average Bonchev–Trinajstić information content (AvgIpc) is 2.24. The molecule has 0 unspecified atom stereocenters. The highest BCUT2D eigenvalue weighted by molar-refractivity contribution is 6.19. The Morgan fingerprint density at radius 2 is 0.812 bits per heavy atom. The van der Waals surface area contributed by atoms with Crippen molar-refractivity contribution in [2.75, 3.05) is 11.8 Å². The molecule has 0 aliphatic heterocycles. The van der Waals surface area contributed by atoms with E-state index in [0.29, 0.717) is 24.6 Å². The first kappa shape index (κ1) is 15.6. The Morgan fingerprint density at radius 1 is 0.562 bits per heavy atom. The second-order valence-electron chi connectivity index (χ2n) is 3.49. The van der Waals surface area contributed by atoms with Crippen molar-refractivity contribution >= 4 is 40.6 Å². The molecule has 0 heterocycles. The standard InChI is InChI=1S/C11H16Cl2O3/c12-7-5-10(15)3-1-9(14)2-4-11(16)6-8-13/h1-8H2. The van der Waals surface area contributed by atoms with Crippen LogP contribution in [0.2, 0.25) is 0 Å². The number of carbonyl (C=O) groups excluding carboxylic acids is 3. The molecule has 0 saturated carbocycles. The van der Waals surface area contributed by atoms with Crippen molar-refractivity contribution in [3.8, 4) is 0 Å². The summed E-state index contributed by atoms with van der Waals surface area (Å²) in [7, 11) is 0. The maximum Gasteiger partial charge on any atom is 0.134 e. The summed E-state index contributed by atoms with van der Waals surface area (Å²) in [6, 6.07) is 0. The van der Waals surface area contributed by atoms with E-state index in [1.54, 1.807) is 0 Å². The zero-order chi connectivity index (χ0) is 12.4. The molecule has 3 nitrogen and oxygen atoms in total. The van der Waals surface area contributed by atoms with Crippen LogP contribution in [-0.4, -0.2) is 29.1 Å². The summed E-state index contributed by atoms with van der Waals surface area (Å²) in [5.41, 5.74) is 0. The smallest absolute Gasteiger partial charge is 0.134 e. The molecule has 0 bridgehead atoms. The second kappa shape index (κ2) is 9.79. The van der Waals surface area contributed by atoms with E-state index in [9.17, 15) is 14.4 Å². The van der Waals surface area contributed by atoms with Gasteiger partial charge in [-0.15, -0.1) is 23.2 Å². The molecule has 0 fully saturated rings. The van der Waals surface area contributed by atoms with Crippen LogP contribution in [0, 0.1) is 0 Å². The molecule has 0 atom stereocenters. The summed E-state index contributed by atoms with van der Waals surface area (Å²) in [4.78, 5) is 33.4. The Bertz CT molecular complexity index is 228. The molecular formula is C11H16Cl2O3. The fourth-order valence-electron chi connectivity index (χ4n) is 1.14. The van der Waals surface area contributed by atoms with Gasteiger partial charge in [-0.2, -0.15) is 0 Å². The fraction of sp³-hybridized carbons (Fsp3) is 0.727. The van der Waals surface area contributed by atoms with Crippen LogP contribution in [0.15, 0.2) is 0 Å². The van der Waals surface area contributed by atoms with E-state index in [0.717, 1.165) is 0 Å². The first-order valence-corrected chi connectivity index (χ1v) is 6.34. The van der Waals surface area contributed by atoms with Crippen LogP contribution in [0.4, 0.5) is 0 Å². The Kier molecular flexibility index (Phi) is 9.54. The summed E-state index contributed by atoms with van der Waals surface area (Å²) in [6.45, 7) is 0. The van der Waals surface area contributed by atoms with Crippen molar-refractivity contribution < 1.29 is 14.4 Å². The highest BCUT2D eigenvalue weighted by Gasteiger charge is 2.09. The maximum absolute atomic E-state index is 11.3. The van der Waals surface area contributed by atoms with Gasteiger partial charge in [0, 0.05) is 50.3 Å². The second-order valence-corrected chi connectivity index (χ2v) is 4.25. The number of halogens is 2. The topological polar surface area (TPSA) is 51.2 Å². The molecule has 92 valence electrons. The van der Waals surface area contributed by atoms with E-state index in [1.807, 2.05) is 0 Å². The zero-order valence-corrected chi connectivity index (χ0v) is 10.6. The van der Waals surface area contributed by atoms with Gasteiger partial charge in [0.05, 0.1) is 0 Å². The number of hydrogen-bond donors (Lipinski definition) is 0. The minimum Gasteiger partial charge on any atom is -0.300 e. The minimum atomic E-state index is -0.0501. The number of rotatable bonds is 10. The van der Waals surface area contributed by atoms with E-state index in [2.05, 4.69) is 0 Å². The zero-order valence-electron chi connectivity index (χ0n) is 9.14. The molecule has 5 heteroatoms. The molecule has 0 radical (unpaired) electrons. The van der Waals surface area contributed by atoms with Crippen LogP contribution < -0.4 is 0 Å². The molecule has 16 heavy (non-hydrogen) atoms. The highest BCUT2D eigenvalue weighted by Crippen LogP contribution is 2.04. The van der Waals surface area contributed by atoms with Gasteiger partial charge < -0.3 is 0 Å². The van der Waals surface area contributed by atoms with Crippen molar-refractivity contribution in [2.24, 2.45) is 0 Å². The third kappa shape index (κ3) is 8.86. The van der Waals surface area contributed by atoms with Crippen molar-refractivity contribution in [3.63, 3.8) is 0 Å². The SMILES string of the molecule is O=C(CCCl)CCC(=O)CCC(=O)CCCl. The van der Waals surface area contributed by atoms with Crippen LogP contribution in [0.5, 0.6) is 0 Å². The maximum atomic E-state index is 11.3. The molecule has 0 aliphatic rings. The normalized spacial score (nSPS) is 10.1. The van der Waals surface area contributed by atoms with E-state index in [4.69, 9.17) is 23.2 Å². The lowest BCUT2D eigenvalue weighted by Crippen LogP contribution is -2.07. The van der Waals surface area contributed by atoms with Crippen molar-refractivity contribution in [1.29, 1.82) is 0 Å². The first-order chi connectivity index (χ1) is 7.60. The third-order valence-electron chi connectivity index (χ3n) is 2.11. The number of Topliss-reactive ketones (excluding diaryl/α,β-unsaturated/α-hetero) is 3. The molecule has 0 spiro atoms. The predicted octanol–water partition coefficient (Wildman–Crippen LogP) is 2.51. The van der Waals surface area contributed by atoms with Crippen molar-refractivity contribution in [3.05, 3.63) is 0 Å². The van der Waals surface area contributed by atoms with Gasteiger partial charge in [0.15, 0.2) is 0 Å². The van der Waals surface area contributed by atoms with E-state index >= 15 is 0 Å². The van der Waals surface area contributed by atoms with E-state index < -0.39 is 0 Å². The lowest BCUT2D eigenvalue weighted by Gasteiger charge is -1.99.